The van der Waals surface area contributed by atoms with E-state index in [2.05, 4.69) is 36.1 Å². The predicted molar refractivity (Wildman–Crippen MR) is 105 cm³/mol. The normalized spacial score (nSPS) is 12.9. The maximum atomic E-state index is 11.5. The fourth-order valence-electron chi connectivity index (χ4n) is 2.46. The Hall–Kier alpha value is -1.17. The lowest BCUT2D eigenvalue weighted by atomic mass is 10.1. The van der Waals surface area contributed by atoms with E-state index in [4.69, 9.17) is 15.1 Å². The number of aliphatic hydroxyl groups excluding tert-OH is 1. The predicted octanol–water partition coefficient (Wildman–Crippen LogP) is 5.19. The van der Waals surface area contributed by atoms with Crippen LogP contribution in [0.25, 0.3) is 0 Å². The van der Waals surface area contributed by atoms with Crippen LogP contribution >= 0.6 is 0 Å². The number of aliphatic hydroxyl groups is 1. The van der Waals surface area contributed by atoms with Gasteiger partial charge in [0.2, 0.25) is 0 Å². The Bertz CT molecular complexity index is 361. The van der Waals surface area contributed by atoms with Gasteiger partial charge in [0.1, 0.15) is 12.7 Å². The molecule has 26 heavy (non-hydrogen) atoms. The maximum Gasteiger partial charge on any atom is 0.305 e. The number of hydrogen-bond donors (Lipinski definition) is 2. The molecule has 0 spiro atoms. The molecule has 1 atom stereocenters. The van der Waals surface area contributed by atoms with Crippen molar-refractivity contribution >= 4 is 5.97 Å². The van der Waals surface area contributed by atoms with Gasteiger partial charge in [-0.25, -0.2) is 4.89 Å². The minimum absolute atomic E-state index is 0.119. The number of rotatable bonds is 18. The smallest absolute Gasteiger partial charge is 0.305 e. The Kier molecular flexibility index (Phi) is 19.2. The second kappa shape index (κ2) is 20.1. The largest absolute Gasteiger partial charge is 0.463 e. The molecule has 0 aromatic rings. The number of carbonyl (C=O) groups is 1. The summed E-state index contributed by atoms with van der Waals surface area (Å²) in [5, 5.41) is 17.2. The van der Waals surface area contributed by atoms with Gasteiger partial charge in [0.05, 0.1) is 6.61 Å². The van der Waals surface area contributed by atoms with E-state index in [0.717, 1.165) is 32.1 Å². The van der Waals surface area contributed by atoms with E-state index in [9.17, 15) is 4.79 Å². The number of esters is 1. The molecule has 2 N–H and O–H groups in total. The molecule has 0 aliphatic rings. The van der Waals surface area contributed by atoms with Crippen LogP contribution in [-0.4, -0.2) is 35.7 Å². The number of allylic oxidation sites excluding steroid dienone is 4. The molecular weight excluding hydrogens is 332 g/mol. The molecule has 0 saturated heterocycles. The molecule has 0 saturated carbocycles. The lowest BCUT2D eigenvalue weighted by Gasteiger charge is -2.10. The quantitative estimate of drug-likeness (QED) is 0.114. The zero-order valence-electron chi connectivity index (χ0n) is 16.4. The average Bonchev–Trinajstić information content (AvgIpc) is 2.65. The van der Waals surface area contributed by atoms with Crippen molar-refractivity contribution in [3.8, 4) is 0 Å². The number of ether oxygens (including phenoxy) is 1. The summed E-state index contributed by atoms with van der Waals surface area (Å²) >= 11 is 0. The summed E-state index contributed by atoms with van der Waals surface area (Å²) < 4.78 is 4.91. The van der Waals surface area contributed by atoms with Crippen molar-refractivity contribution in [2.45, 2.75) is 90.1 Å². The number of carbonyl (C=O) groups excluding carboxylic acids is 1. The van der Waals surface area contributed by atoms with Crippen LogP contribution in [0.2, 0.25) is 0 Å². The molecule has 0 amide bonds. The van der Waals surface area contributed by atoms with Crippen LogP contribution in [0.3, 0.4) is 0 Å². The molecule has 0 aliphatic carbocycles. The minimum atomic E-state index is -0.858. The van der Waals surface area contributed by atoms with Crippen LogP contribution < -0.4 is 0 Å². The van der Waals surface area contributed by atoms with Gasteiger partial charge in [-0.3, -0.25) is 10.1 Å². The average molecular weight is 371 g/mol. The number of hydrogen-bond acceptors (Lipinski definition) is 5. The highest BCUT2D eigenvalue weighted by molar-refractivity contribution is 5.69. The molecule has 0 aromatic carbocycles. The van der Waals surface area contributed by atoms with Crippen molar-refractivity contribution < 1.29 is 24.8 Å². The first-order valence-electron chi connectivity index (χ1n) is 10.1. The van der Waals surface area contributed by atoms with Crippen molar-refractivity contribution in [3.63, 3.8) is 0 Å². The van der Waals surface area contributed by atoms with Crippen molar-refractivity contribution in [1.82, 2.24) is 0 Å². The fraction of sp³-hybridized carbons (Fsp3) is 0.762. The van der Waals surface area contributed by atoms with Gasteiger partial charge in [-0.2, -0.15) is 0 Å². The van der Waals surface area contributed by atoms with Gasteiger partial charge >= 0.3 is 5.97 Å². The van der Waals surface area contributed by atoms with E-state index in [-0.39, 0.29) is 19.2 Å². The first-order chi connectivity index (χ1) is 12.7. The summed E-state index contributed by atoms with van der Waals surface area (Å²) in [7, 11) is 0. The standard InChI is InChI=1S/C21H38O5/c1-2-3-4-5-6-7-8-9-10-11-12-13-14-15-16-17-21(23)25-19-20(18-22)26-24/h6-7,9-10,20,22,24H,2-5,8,11-19H2,1H3/b7-6-,10-9-/t20-/m0/s1. The van der Waals surface area contributed by atoms with Crippen LogP contribution in [0.15, 0.2) is 24.3 Å². The van der Waals surface area contributed by atoms with Gasteiger partial charge in [0.25, 0.3) is 0 Å². The molecule has 0 unspecified atom stereocenters. The monoisotopic (exact) mass is 370 g/mol. The molecular formula is C21H38O5. The molecule has 0 aromatic heterocycles. The second-order valence-electron chi connectivity index (χ2n) is 6.57. The van der Waals surface area contributed by atoms with Crippen molar-refractivity contribution in [2.75, 3.05) is 13.2 Å². The summed E-state index contributed by atoms with van der Waals surface area (Å²) in [4.78, 5) is 15.4. The van der Waals surface area contributed by atoms with Crippen molar-refractivity contribution in [1.29, 1.82) is 0 Å². The highest BCUT2D eigenvalue weighted by atomic mass is 17.1. The van der Waals surface area contributed by atoms with E-state index in [1.165, 1.54) is 38.5 Å². The zero-order chi connectivity index (χ0) is 19.3. The summed E-state index contributed by atoms with van der Waals surface area (Å²) in [5.74, 6) is -0.314. The fourth-order valence-corrected chi connectivity index (χ4v) is 2.46. The van der Waals surface area contributed by atoms with Crippen LogP contribution in [-0.2, 0) is 14.4 Å². The Morgan fingerprint density at radius 3 is 2.15 bits per heavy atom. The maximum absolute atomic E-state index is 11.5. The van der Waals surface area contributed by atoms with E-state index in [1.54, 1.807) is 0 Å². The highest BCUT2D eigenvalue weighted by Crippen LogP contribution is 2.09. The summed E-state index contributed by atoms with van der Waals surface area (Å²) in [5.41, 5.74) is 0. The highest BCUT2D eigenvalue weighted by Gasteiger charge is 2.10. The summed E-state index contributed by atoms with van der Waals surface area (Å²) in [6.45, 7) is 1.73. The third-order valence-electron chi connectivity index (χ3n) is 4.11. The van der Waals surface area contributed by atoms with Gasteiger partial charge in [-0.15, -0.1) is 0 Å². The van der Waals surface area contributed by atoms with Gasteiger partial charge in [-0.1, -0.05) is 63.3 Å². The molecule has 5 nitrogen and oxygen atoms in total. The van der Waals surface area contributed by atoms with Crippen LogP contribution in [0, 0.1) is 0 Å². The molecule has 0 radical (unpaired) electrons. The zero-order valence-corrected chi connectivity index (χ0v) is 16.4. The van der Waals surface area contributed by atoms with Crippen LogP contribution in [0.4, 0.5) is 0 Å². The first kappa shape index (κ1) is 24.8. The topological polar surface area (TPSA) is 76.0 Å². The van der Waals surface area contributed by atoms with E-state index >= 15 is 0 Å². The Labute approximate surface area is 159 Å². The second-order valence-corrected chi connectivity index (χ2v) is 6.57. The molecule has 0 bridgehead atoms. The Balaban J connectivity index is 3.35. The van der Waals surface area contributed by atoms with E-state index in [0.29, 0.717) is 6.42 Å². The van der Waals surface area contributed by atoms with Gasteiger partial charge in [0, 0.05) is 6.42 Å². The molecule has 0 aliphatic heterocycles. The molecule has 0 heterocycles. The van der Waals surface area contributed by atoms with Crippen LogP contribution in [0.1, 0.15) is 84.0 Å². The van der Waals surface area contributed by atoms with Gasteiger partial charge in [-0.05, 0) is 38.5 Å². The number of unbranched alkanes of at least 4 members (excludes halogenated alkanes) is 8. The van der Waals surface area contributed by atoms with Gasteiger partial charge in [0.15, 0.2) is 0 Å². The van der Waals surface area contributed by atoms with E-state index < -0.39 is 6.10 Å². The third kappa shape index (κ3) is 17.6. The Morgan fingerprint density at radius 1 is 0.923 bits per heavy atom. The lowest BCUT2D eigenvalue weighted by molar-refractivity contribution is -0.291. The lowest BCUT2D eigenvalue weighted by Crippen LogP contribution is -2.24. The molecule has 0 rings (SSSR count). The Morgan fingerprint density at radius 2 is 1.54 bits per heavy atom. The summed E-state index contributed by atoms with van der Waals surface area (Å²) in [6, 6.07) is 0. The SMILES string of the molecule is CCCCC/C=C\C/C=C\CCCCCCCC(=O)OC[C@H](CO)OO. The third-order valence-corrected chi connectivity index (χ3v) is 4.11. The molecule has 5 heteroatoms. The molecule has 152 valence electrons. The van der Waals surface area contributed by atoms with Crippen molar-refractivity contribution in [3.05, 3.63) is 24.3 Å². The molecule has 0 fully saturated rings. The van der Waals surface area contributed by atoms with Gasteiger partial charge < -0.3 is 9.84 Å². The first-order valence-corrected chi connectivity index (χ1v) is 10.1. The van der Waals surface area contributed by atoms with Crippen molar-refractivity contribution in [2.24, 2.45) is 0 Å². The minimum Gasteiger partial charge on any atom is -0.463 e. The van der Waals surface area contributed by atoms with Crippen LogP contribution in [0.5, 0.6) is 0 Å². The summed E-state index contributed by atoms with van der Waals surface area (Å²) in [6.07, 6.45) is 21.1. The van der Waals surface area contributed by atoms with E-state index in [1.807, 2.05) is 0 Å².